The van der Waals surface area contributed by atoms with Gasteiger partial charge in [-0.2, -0.15) is 8.78 Å². The minimum absolute atomic E-state index is 0.0939. The average molecular weight is 702 g/mol. The van der Waals surface area contributed by atoms with E-state index in [4.69, 9.17) is 46.4 Å². The fourth-order valence-corrected chi connectivity index (χ4v) is 5.45. The maximum atomic E-state index is 14.7. The molecule has 0 bridgehead atoms. The van der Waals surface area contributed by atoms with Gasteiger partial charge in [-0.15, -0.1) is 23.2 Å². The van der Waals surface area contributed by atoms with Crippen LogP contribution < -0.4 is 16.0 Å². The summed E-state index contributed by atoms with van der Waals surface area (Å²) in [5.41, 5.74) is -1.24. The Balaban J connectivity index is 1.51. The van der Waals surface area contributed by atoms with Crippen LogP contribution in [0.15, 0.2) is 53.0 Å². The van der Waals surface area contributed by atoms with Crippen molar-refractivity contribution in [2.45, 2.75) is 16.7 Å². The molecule has 40 heavy (non-hydrogen) atoms. The highest BCUT2D eigenvalue weighted by Crippen LogP contribution is 2.65. The molecule has 1 saturated carbocycles. The standard InChI is InChI=1S/C25H14BrCl4F4N3O3/c26-12-7-9(1-3-14(12)28)17-18(25(17,29)30)23(39)35-10-2-4-13(27)11(8-10)22(38)36-16-6-5-15(31)20(19(16)32)37-24(40)21(33)34/h1-8,17-18,21H,(H,35,39)(H,36,38)(H,37,40). The van der Waals surface area contributed by atoms with Crippen LogP contribution in [-0.4, -0.2) is 28.5 Å². The van der Waals surface area contributed by atoms with Crippen LogP contribution >= 0.6 is 62.3 Å². The van der Waals surface area contributed by atoms with E-state index in [0.29, 0.717) is 21.1 Å². The van der Waals surface area contributed by atoms with E-state index in [2.05, 4.69) is 26.6 Å². The van der Waals surface area contributed by atoms with Crippen molar-refractivity contribution in [3.05, 3.63) is 85.8 Å². The zero-order valence-corrected chi connectivity index (χ0v) is 24.1. The smallest absolute Gasteiger partial charge is 0.315 e. The lowest BCUT2D eigenvalue weighted by Gasteiger charge is -2.13. The number of benzene rings is 3. The summed E-state index contributed by atoms with van der Waals surface area (Å²) in [4.78, 5) is 37.1. The van der Waals surface area contributed by atoms with Crippen molar-refractivity contribution in [2.24, 2.45) is 5.92 Å². The van der Waals surface area contributed by atoms with E-state index in [9.17, 15) is 31.9 Å². The summed E-state index contributed by atoms with van der Waals surface area (Å²) in [7, 11) is 0. The third-order valence-electron chi connectivity index (χ3n) is 5.90. The summed E-state index contributed by atoms with van der Waals surface area (Å²) in [6, 6.07) is 10.4. The number of alkyl halides is 4. The van der Waals surface area contributed by atoms with Gasteiger partial charge in [0.2, 0.25) is 5.91 Å². The van der Waals surface area contributed by atoms with Gasteiger partial charge in [0.05, 0.1) is 27.2 Å². The van der Waals surface area contributed by atoms with Crippen LogP contribution in [0.25, 0.3) is 0 Å². The molecule has 0 saturated heterocycles. The number of carbonyl (C=O) groups is 3. The molecule has 3 aromatic carbocycles. The number of carbonyl (C=O) groups excluding carboxylic acids is 3. The first-order valence-electron chi connectivity index (χ1n) is 11.0. The predicted octanol–water partition coefficient (Wildman–Crippen LogP) is 8.02. The molecule has 0 heterocycles. The monoisotopic (exact) mass is 699 g/mol. The molecule has 3 aromatic rings. The molecule has 1 aliphatic carbocycles. The Hall–Kier alpha value is -2.57. The van der Waals surface area contributed by atoms with Crippen LogP contribution in [-0.2, 0) is 9.59 Å². The highest BCUT2D eigenvalue weighted by atomic mass is 79.9. The minimum Gasteiger partial charge on any atom is -0.326 e. The second kappa shape index (κ2) is 11.7. The van der Waals surface area contributed by atoms with E-state index in [1.807, 2.05) is 0 Å². The maximum absolute atomic E-state index is 14.7. The first-order valence-corrected chi connectivity index (χ1v) is 13.3. The molecule has 2 atom stereocenters. The first kappa shape index (κ1) is 30.4. The van der Waals surface area contributed by atoms with Crippen molar-refractivity contribution in [2.75, 3.05) is 16.0 Å². The van der Waals surface area contributed by atoms with Gasteiger partial charge < -0.3 is 16.0 Å². The molecule has 0 aromatic heterocycles. The van der Waals surface area contributed by atoms with Crippen molar-refractivity contribution in [3.63, 3.8) is 0 Å². The summed E-state index contributed by atoms with van der Waals surface area (Å²) in [5, 5.41) is 6.52. The number of anilines is 3. The number of amides is 3. The van der Waals surface area contributed by atoms with Gasteiger partial charge in [0.25, 0.3) is 11.8 Å². The zero-order valence-electron chi connectivity index (χ0n) is 19.5. The molecule has 1 fully saturated rings. The Morgan fingerprint density at radius 2 is 1.57 bits per heavy atom. The Bertz CT molecular complexity index is 1540. The lowest BCUT2D eigenvalue weighted by molar-refractivity contribution is -0.126. The van der Waals surface area contributed by atoms with Gasteiger partial charge in [-0.3, -0.25) is 14.4 Å². The summed E-state index contributed by atoms with van der Waals surface area (Å²) in [5.74, 6) is -7.74. The average Bonchev–Trinajstić information content (AvgIpc) is 3.47. The van der Waals surface area contributed by atoms with Gasteiger partial charge in [0.1, 0.15) is 15.8 Å². The molecule has 0 spiro atoms. The Morgan fingerprint density at radius 1 is 0.900 bits per heavy atom. The van der Waals surface area contributed by atoms with Crippen molar-refractivity contribution in [1.29, 1.82) is 0 Å². The van der Waals surface area contributed by atoms with Crippen LogP contribution in [0.3, 0.4) is 0 Å². The summed E-state index contributed by atoms with van der Waals surface area (Å²) in [6.07, 6.45) is -3.53. The van der Waals surface area contributed by atoms with E-state index in [-0.39, 0.29) is 16.3 Å². The molecule has 2 unspecified atom stereocenters. The minimum atomic E-state index is -3.53. The molecule has 3 N–H and O–H groups in total. The molecule has 4 rings (SSSR count). The number of nitrogens with one attached hydrogen (secondary N) is 3. The highest BCUT2D eigenvalue weighted by Gasteiger charge is 2.67. The van der Waals surface area contributed by atoms with Crippen molar-refractivity contribution < 1.29 is 31.9 Å². The highest BCUT2D eigenvalue weighted by molar-refractivity contribution is 9.10. The maximum Gasteiger partial charge on any atom is 0.315 e. The van der Waals surface area contributed by atoms with Crippen molar-refractivity contribution in [3.8, 4) is 0 Å². The number of rotatable bonds is 7. The lowest BCUT2D eigenvalue weighted by atomic mass is 10.1. The summed E-state index contributed by atoms with van der Waals surface area (Å²) in [6.45, 7) is 0. The van der Waals surface area contributed by atoms with Crippen molar-refractivity contribution in [1.82, 2.24) is 0 Å². The largest absolute Gasteiger partial charge is 0.326 e. The van der Waals surface area contributed by atoms with Gasteiger partial charge in [-0.1, -0.05) is 29.3 Å². The Labute approximate surface area is 252 Å². The molecular formula is C25H14BrCl4F4N3O3. The predicted molar refractivity (Wildman–Crippen MR) is 149 cm³/mol. The van der Waals surface area contributed by atoms with Crippen LogP contribution in [0.2, 0.25) is 10.0 Å². The summed E-state index contributed by atoms with van der Waals surface area (Å²) >= 11 is 28.2. The molecule has 3 amide bonds. The molecule has 0 aliphatic heterocycles. The van der Waals surface area contributed by atoms with Gasteiger partial charge in [0.15, 0.2) is 5.82 Å². The fraction of sp³-hybridized carbons (Fsp3) is 0.160. The second-order valence-corrected chi connectivity index (χ2v) is 11.6. The lowest BCUT2D eigenvalue weighted by Crippen LogP contribution is -2.22. The van der Waals surface area contributed by atoms with Gasteiger partial charge >= 0.3 is 6.43 Å². The van der Waals surface area contributed by atoms with Crippen LogP contribution in [0.5, 0.6) is 0 Å². The first-order chi connectivity index (χ1) is 18.7. The molecule has 1 aliphatic rings. The molecule has 15 heteroatoms. The van der Waals surface area contributed by atoms with Gasteiger partial charge in [-0.05, 0) is 64.0 Å². The van der Waals surface area contributed by atoms with E-state index in [1.54, 1.807) is 18.2 Å². The normalized spacial score (nSPS) is 17.4. The topological polar surface area (TPSA) is 87.3 Å². The quantitative estimate of drug-likeness (QED) is 0.172. The van der Waals surface area contributed by atoms with E-state index in [0.717, 1.165) is 6.07 Å². The SMILES string of the molecule is O=C(Nc1ccc(F)c(NC(=O)C(F)F)c1F)c1cc(NC(=O)C2C(c3ccc(Cl)c(Br)c3)C2(Cl)Cl)ccc1Cl. The van der Waals surface area contributed by atoms with Crippen LogP contribution in [0, 0.1) is 17.6 Å². The number of hydrogen-bond donors (Lipinski definition) is 3. The molecule has 210 valence electrons. The van der Waals surface area contributed by atoms with Crippen molar-refractivity contribution >= 4 is 97.1 Å². The van der Waals surface area contributed by atoms with E-state index >= 15 is 0 Å². The van der Waals surface area contributed by atoms with Crippen LogP contribution in [0.1, 0.15) is 21.8 Å². The van der Waals surface area contributed by atoms with E-state index < -0.39 is 63.3 Å². The zero-order chi connectivity index (χ0) is 29.5. The van der Waals surface area contributed by atoms with Gasteiger partial charge in [-0.25, -0.2) is 8.78 Å². The Morgan fingerprint density at radius 3 is 2.23 bits per heavy atom. The second-order valence-electron chi connectivity index (χ2n) is 8.52. The number of halogens is 9. The molecular weight excluding hydrogens is 688 g/mol. The Kier molecular flexibility index (Phi) is 8.91. The number of hydrogen-bond acceptors (Lipinski definition) is 3. The third kappa shape index (κ3) is 6.18. The van der Waals surface area contributed by atoms with Crippen LogP contribution in [0.4, 0.5) is 34.6 Å². The fourth-order valence-electron chi connectivity index (χ4n) is 3.90. The van der Waals surface area contributed by atoms with Gasteiger partial charge in [0, 0.05) is 16.1 Å². The summed E-state index contributed by atoms with van der Waals surface area (Å²) < 4.78 is 52.9. The van der Waals surface area contributed by atoms with E-state index in [1.165, 1.54) is 23.5 Å². The molecule has 0 radical (unpaired) electrons. The molecule has 6 nitrogen and oxygen atoms in total. The third-order valence-corrected chi connectivity index (χ3v) is 8.39.